The second kappa shape index (κ2) is 34.9. The maximum atomic E-state index is 15.1. The standard InChI is InChI=1S/C59H32F48O18S6/c60-36(61)48(84,85)54(96,97)42(72,73)14-120-126(108,109)20-4-6-26-28(8-20)24(30-10-22(128(112,113)122-16-44(76,77)56(100,101)50(88,89)38(64)65)12-32(34(26)30)130(116,117)124-18-46(80,81)58(104,105)52(92,93)40(68)69)2-1-3-25-29-9-21(127(110,111)121-15-43(74,75)55(98,99)49(86,87)37(62)63)5-7-27(29)35-31(25)11-23(129(114,115)123-17-45(78,79)57(102,103)51(90,91)39(66)67)13-33(35)131(118,119)125-19-47(82,83)59(106,107)53(94,95)41(70)71/h1-13,24,36-41H,14-19H2/b2-1?,25-3+. The van der Waals surface area contributed by atoms with Crippen LogP contribution in [0, 0.1) is 0 Å². The highest BCUT2D eigenvalue weighted by Crippen LogP contribution is 2.59. The second-order valence-electron chi connectivity index (χ2n) is 26.1. The molecule has 4 aromatic carbocycles. The maximum Gasteiger partial charge on any atom is 0.380 e. The normalized spacial score (nSPS) is 16.7. The lowest BCUT2D eigenvalue weighted by molar-refractivity contribution is -0.342. The number of hydrogen-bond acceptors (Lipinski definition) is 18. The molecule has 18 nitrogen and oxygen atoms in total. The van der Waals surface area contributed by atoms with Crippen LogP contribution in [-0.2, 0) is 85.8 Å². The molecule has 1 atom stereocenters. The topological polar surface area (TPSA) is 260 Å². The molecule has 1 unspecified atom stereocenters. The van der Waals surface area contributed by atoms with Gasteiger partial charge in [0, 0.05) is 17.0 Å². The van der Waals surface area contributed by atoms with Gasteiger partial charge in [0.15, 0.2) is 0 Å². The van der Waals surface area contributed by atoms with Crippen molar-refractivity contribution in [3.8, 4) is 22.3 Å². The van der Waals surface area contributed by atoms with Crippen molar-refractivity contribution in [2.24, 2.45) is 0 Å². The van der Waals surface area contributed by atoms with E-state index in [1.54, 1.807) is 0 Å². The Kier molecular flexibility index (Phi) is 29.9. The van der Waals surface area contributed by atoms with E-state index in [0.29, 0.717) is 0 Å². The maximum absolute atomic E-state index is 15.1. The minimum absolute atomic E-state index is 0.318. The lowest BCUT2D eigenvalue weighted by Gasteiger charge is -2.32. The van der Waals surface area contributed by atoms with Crippen LogP contribution in [0.5, 0.6) is 0 Å². The fourth-order valence-electron chi connectivity index (χ4n) is 10.3. The summed E-state index contributed by atoms with van der Waals surface area (Å²) in [6.45, 7) is -24.2. The summed E-state index contributed by atoms with van der Waals surface area (Å²) in [7, 11) is -43.6. The van der Waals surface area contributed by atoms with Crippen LogP contribution in [0.2, 0.25) is 0 Å². The van der Waals surface area contributed by atoms with Gasteiger partial charge in [-0.1, -0.05) is 30.4 Å². The van der Waals surface area contributed by atoms with Crippen LogP contribution in [0.15, 0.2) is 108 Å². The summed E-state index contributed by atoms with van der Waals surface area (Å²) in [6, 6.07) is -6.10. The first kappa shape index (κ1) is 112. The van der Waals surface area contributed by atoms with Gasteiger partial charge in [0.1, 0.15) is 49.4 Å². The number of halogens is 48. The fraction of sp³-hybridized carbons (Fsp3) is 0.525. The highest BCUT2D eigenvalue weighted by molar-refractivity contribution is 7.88. The van der Waals surface area contributed by atoms with Crippen molar-refractivity contribution in [3.05, 3.63) is 101 Å². The Labute approximate surface area is 694 Å². The predicted molar refractivity (Wildman–Crippen MR) is 326 cm³/mol. The summed E-state index contributed by atoms with van der Waals surface area (Å²) in [5, 5.41) is 0. The summed E-state index contributed by atoms with van der Waals surface area (Å²) in [5.41, 5.74) is -17.5. The molecule has 2 aliphatic rings. The van der Waals surface area contributed by atoms with Crippen LogP contribution >= 0.6 is 0 Å². The third-order valence-electron chi connectivity index (χ3n) is 17.5. The van der Waals surface area contributed by atoms with Crippen LogP contribution in [0.4, 0.5) is 211 Å². The van der Waals surface area contributed by atoms with Gasteiger partial charge in [0.05, 0.1) is 19.6 Å². The first-order valence-corrected chi connectivity index (χ1v) is 40.3. The van der Waals surface area contributed by atoms with Crippen molar-refractivity contribution in [2.45, 2.75) is 180 Å². The van der Waals surface area contributed by atoms with Crippen LogP contribution in [-0.4, -0.2) is 235 Å². The minimum atomic E-state index is -7.71. The third kappa shape index (κ3) is 19.4. The molecule has 0 aromatic heterocycles. The zero-order chi connectivity index (χ0) is 102. The van der Waals surface area contributed by atoms with Gasteiger partial charge in [0.2, 0.25) is 0 Å². The largest absolute Gasteiger partial charge is 0.380 e. The summed E-state index contributed by atoms with van der Waals surface area (Å²) in [4.78, 5) is -15.8. The van der Waals surface area contributed by atoms with Crippen molar-refractivity contribution in [3.63, 3.8) is 0 Å². The lowest BCUT2D eigenvalue weighted by Crippen LogP contribution is -2.59. The Bertz CT molecular complexity index is 5790. The second-order valence-corrected chi connectivity index (χ2v) is 35.8. The molecule has 748 valence electrons. The zero-order valence-electron chi connectivity index (χ0n) is 60.2. The number of allylic oxidation sites excluding steroid dienone is 3. The van der Waals surface area contributed by atoms with Crippen LogP contribution < -0.4 is 0 Å². The molecule has 72 heteroatoms. The number of benzene rings is 4. The molecular weight excluding hydrogens is 2100 g/mol. The lowest BCUT2D eigenvalue weighted by atomic mass is 9.96. The predicted octanol–water partition coefficient (Wildman–Crippen LogP) is 18.7. The first-order valence-electron chi connectivity index (χ1n) is 31.9. The highest BCUT2D eigenvalue weighted by atomic mass is 32.2. The van der Waals surface area contributed by atoms with Crippen LogP contribution in [0.3, 0.4) is 0 Å². The summed E-state index contributed by atoms with van der Waals surface area (Å²) >= 11 is 0. The molecule has 0 bridgehead atoms. The average Bonchev–Trinajstić information content (AvgIpc) is 1.57. The van der Waals surface area contributed by atoms with Gasteiger partial charge in [-0.3, -0.25) is 25.1 Å². The molecule has 0 spiro atoms. The average molecular weight is 2130 g/mol. The van der Waals surface area contributed by atoms with E-state index in [0.717, 1.165) is 0 Å². The van der Waals surface area contributed by atoms with E-state index in [9.17, 15) is 244 Å². The van der Waals surface area contributed by atoms with E-state index in [4.69, 9.17) is 0 Å². The summed E-state index contributed by atoms with van der Waals surface area (Å²) < 4.78 is 866. The smallest absolute Gasteiger partial charge is 0.260 e. The quantitative estimate of drug-likeness (QED) is 0.0259. The van der Waals surface area contributed by atoms with Gasteiger partial charge in [-0.15, -0.1) is 0 Å². The Morgan fingerprint density at radius 1 is 0.252 bits per heavy atom. The molecular formula is C59H32F48O18S6. The molecule has 0 heterocycles. The third-order valence-corrected chi connectivity index (χ3v) is 25.1. The van der Waals surface area contributed by atoms with Gasteiger partial charge >= 0.3 is 145 Å². The monoisotopic (exact) mass is 2130 g/mol. The minimum Gasteiger partial charge on any atom is -0.260 e. The van der Waals surface area contributed by atoms with E-state index in [1.165, 1.54) is 0 Å². The molecule has 0 saturated heterocycles. The van der Waals surface area contributed by atoms with Crippen molar-refractivity contribution in [1.29, 1.82) is 0 Å². The van der Waals surface area contributed by atoms with E-state index < -0.39 is 385 Å². The Morgan fingerprint density at radius 2 is 0.473 bits per heavy atom. The van der Waals surface area contributed by atoms with E-state index >= 15 is 17.6 Å². The molecule has 4 aromatic rings. The van der Waals surface area contributed by atoms with Gasteiger partial charge in [-0.25, -0.2) is 52.7 Å². The Morgan fingerprint density at radius 3 is 0.748 bits per heavy atom. The van der Waals surface area contributed by atoms with E-state index in [-0.39, 0.29) is 24.3 Å². The van der Waals surface area contributed by atoms with Crippen molar-refractivity contribution in [2.75, 3.05) is 39.6 Å². The molecule has 0 saturated carbocycles. The van der Waals surface area contributed by atoms with Gasteiger partial charge in [-0.05, 0) is 87.5 Å². The first-order chi connectivity index (χ1) is 58.0. The number of hydrogen-bond donors (Lipinski definition) is 0. The fourth-order valence-corrected chi connectivity index (χ4v) is 16.6. The molecule has 0 N–H and O–H groups in total. The SMILES string of the molecule is O=S(=O)(OCC(F)(F)C(F)(F)C(F)(F)C(F)F)c1ccc2c(c1)/C(=C\C=CC1c3cc(S(=O)(=O)OCC(F)(F)C(F)(F)C(F)(F)C(F)F)ccc3-c3c1cc(S(=O)(=O)OCC(F)(F)C(F)(F)C(F)(F)C(F)F)cc3S(=O)(=O)OCC(F)(F)C(F)(F)C(F)(F)C(F)F)c1cc(S(=O)(=O)OCC(F)(F)C(F)(F)C(F)(F)C(F)F)cc(S(=O)(=O)OCC(F)(F)C(F)(F)C(F)(F)C(F)F)c1-2. The van der Waals surface area contributed by atoms with Gasteiger partial charge < -0.3 is 0 Å². The molecule has 0 fully saturated rings. The Hall–Kier alpha value is -7.54. The number of rotatable bonds is 44. The van der Waals surface area contributed by atoms with Crippen molar-refractivity contribution >= 4 is 66.3 Å². The number of fused-ring (bicyclic) bond motifs is 6. The van der Waals surface area contributed by atoms with Crippen molar-refractivity contribution in [1.82, 2.24) is 0 Å². The summed E-state index contributed by atoms with van der Waals surface area (Å²) in [5.74, 6) is -136. The Balaban J connectivity index is 1.88. The highest BCUT2D eigenvalue weighted by Gasteiger charge is 2.81. The molecule has 0 radical (unpaired) electrons. The molecule has 2 aliphatic carbocycles. The van der Waals surface area contributed by atoms with Crippen LogP contribution in [0.25, 0.3) is 27.8 Å². The molecule has 6 rings (SSSR count). The van der Waals surface area contributed by atoms with Crippen molar-refractivity contribution < 1.29 is 286 Å². The van der Waals surface area contributed by atoms with Crippen LogP contribution in [0.1, 0.15) is 28.2 Å². The molecule has 0 aliphatic heterocycles. The van der Waals surface area contributed by atoms with E-state index in [2.05, 4.69) is 25.1 Å². The summed E-state index contributed by atoms with van der Waals surface area (Å²) in [6.07, 6.45) is -36.7. The zero-order valence-corrected chi connectivity index (χ0v) is 65.1. The molecule has 0 amide bonds. The van der Waals surface area contributed by atoms with E-state index in [1.807, 2.05) is 0 Å². The number of alkyl halides is 48. The molecule has 131 heavy (non-hydrogen) atoms. The van der Waals surface area contributed by atoms with Gasteiger partial charge in [-0.2, -0.15) is 209 Å². The van der Waals surface area contributed by atoms with Gasteiger partial charge in [0.25, 0.3) is 60.7 Å².